The van der Waals surface area contributed by atoms with Crippen LogP contribution in [0.4, 0.5) is 22.7 Å². The fourth-order valence-corrected chi connectivity index (χ4v) is 7.24. The molecule has 4 aromatic rings. The highest BCUT2D eigenvalue weighted by Gasteiger charge is 2.30. The second-order valence-corrected chi connectivity index (χ2v) is 12.4. The molecule has 218 valence electrons. The van der Waals surface area contributed by atoms with Gasteiger partial charge in [0.2, 0.25) is 10.0 Å². The lowest BCUT2D eigenvalue weighted by molar-refractivity contribution is -0.384. The first-order valence-electron chi connectivity index (χ1n) is 14.0. The van der Waals surface area contributed by atoms with Gasteiger partial charge in [-0.05, 0) is 59.3 Å². The summed E-state index contributed by atoms with van der Waals surface area (Å²) in [5, 5.41) is 13.8. The molecule has 0 bridgehead atoms. The van der Waals surface area contributed by atoms with E-state index in [1.165, 1.54) is 4.31 Å². The summed E-state index contributed by atoms with van der Waals surface area (Å²) in [4.78, 5) is 18.3. The van der Waals surface area contributed by atoms with Crippen LogP contribution >= 0.6 is 0 Å². The van der Waals surface area contributed by atoms with Crippen LogP contribution in [0.3, 0.4) is 0 Å². The van der Waals surface area contributed by atoms with Crippen molar-refractivity contribution in [3.63, 3.8) is 0 Å². The first-order valence-corrected chi connectivity index (χ1v) is 15.4. The number of hydrogen-bond acceptors (Lipinski definition) is 8. The molecule has 2 aliphatic heterocycles. The molecule has 11 heteroatoms. The molecule has 0 spiro atoms. The lowest BCUT2D eigenvalue weighted by Gasteiger charge is -2.38. The molecule has 2 fully saturated rings. The number of nitro benzene ring substituents is 1. The van der Waals surface area contributed by atoms with Crippen LogP contribution in [0, 0.1) is 10.1 Å². The maximum atomic E-state index is 13.4. The van der Waals surface area contributed by atoms with E-state index >= 15 is 0 Å². The number of anilines is 3. The Morgan fingerprint density at radius 1 is 0.690 bits per heavy atom. The largest absolute Gasteiger partial charge is 0.497 e. The van der Waals surface area contributed by atoms with E-state index in [-0.39, 0.29) is 10.6 Å². The number of benzene rings is 4. The number of sulfonamides is 1. The zero-order valence-corrected chi connectivity index (χ0v) is 24.2. The number of piperazine rings is 2. The highest BCUT2D eigenvalue weighted by molar-refractivity contribution is 7.89. The Morgan fingerprint density at radius 3 is 1.95 bits per heavy atom. The highest BCUT2D eigenvalue weighted by Crippen LogP contribution is 2.35. The zero-order valence-electron chi connectivity index (χ0n) is 23.4. The molecule has 6 rings (SSSR count). The number of fused-ring (bicyclic) bond motifs is 1. The van der Waals surface area contributed by atoms with Gasteiger partial charge in [0.15, 0.2) is 0 Å². The van der Waals surface area contributed by atoms with Gasteiger partial charge in [-0.25, -0.2) is 8.42 Å². The number of ether oxygens (including phenoxy) is 1. The predicted octanol–water partition coefficient (Wildman–Crippen LogP) is 4.59. The molecule has 2 aliphatic rings. The summed E-state index contributed by atoms with van der Waals surface area (Å²) in [6.45, 7) is 4.43. The van der Waals surface area contributed by atoms with Crippen molar-refractivity contribution in [2.24, 2.45) is 0 Å². The van der Waals surface area contributed by atoms with Crippen LogP contribution in [0.2, 0.25) is 0 Å². The number of nitro groups is 1. The van der Waals surface area contributed by atoms with Gasteiger partial charge in [-0.1, -0.05) is 30.3 Å². The molecule has 0 N–H and O–H groups in total. The summed E-state index contributed by atoms with van der Waals surface area (Å²) < 4.78 is 33.6. The van der Waals surface area contributed by atoms with Gasteiger partial charge in [0, 0.05) is 69.8 Å². The molecule has 0 aromatic heterocycles. The molecule has 0 saturated carbocycles. The second-order valence-electron chi connectivity index (χ2n) is 10.5. The number of rotatable bonds is 7. The van der Waals surface area contributed by atoms with E-state index in [1.807, 2.05) is 60.7 Å². The van der Waals surface area contributed by atoms with Crippen molar-refractivity contribution in [1.29, 1.82) is 0 Å². The van der Waals surface area contributed by atoms with Crippen molar-refractivity contribution in [2.75, 3.05) is 74.2 Å². The third-order valence-electron chi connectivity index (χ3n) is 8.18. The van der Waals surface area contributed by atoms with Crippen molar-refractivity contribution >= 4 is 43.5 Å². The minimum atomic E-state index is -3.64. The van der Waals surface area contributed by atoms with Gasteiger partial charge >= 0.3 is 0 Å². The van der Waals surface area contributed by atoms with Gasteiger partial charge in [-0.2, -0.15) is 4.31 Å². The smallest absolute Gasteiger partial charge is 0.292 e. The lowest BCUT2D eigenvalue weighted by Crippen LogP contribution is -2.49. The van der Waals surface area contributed by atoms with Crippen LogP contribution in [-0.2, 0) is 10.0 Å². The van der Waals surface area contributed by atoms with Crippen LogP contribution < -0.4 is 19.4 Å². The Kier molecular flexibility index (Phi) is 7.61. The zero-order chi connectivity index (χ0) is 29.3. The molecule has 0 radical (unpaired) electrons. The Morgan fingerprint density at radius 2 is 1.29 bits per heavy atom. The fraction of sp³-hybridized carbons (Fsp3) is 0.290. The van der Waals surface area contributed by atoms with Gasteiger partial charge in [-0.3, -0.25) is 10.1 Å². The van der Waals surface area contributed by atoms with Gasteiger partial charge in [-0.15, -0.1) is 0 Å². The monoisotopic (exact) mass is 587 g/mol. The average Bonchev–Trinajstić information content (AvgIpc) is 3.04. The van der Waals surface area contributed by atoms with Crippen molar-refractivity contribution in [3.8, 4) is 5.75 Å². The predicted molar refractivity (Wildman–Crippen MR) is 165 cm³/mol. The third kappa shape index (κ3) is 5.45. The maximum absolute atomic E-state index is 13.4. The van der Waals surface area contributed by atoms with Crippen molar-refractivity contribution in [2.45, 2.75) is 4.90 Å². The van der Waals surface area contributed by atoms with Crippen LogP contribution in [0.1, 0.15) is 0 Å². The Labute approximate surface area is 245 Å². The topological polar surface area (TPSA) is 99.5 Å². The van der Waals surface area contributed by atoms with Crippen LogP contribution in [-0.4, -0.2) is 77.1 Å². The van der Waals surface area contributed by atoms with Crippen molar-refractivity contribution < 1.29 is 18.1 Å². The quantitative estimate of drug-likeness (QED) is 0.229. The SMILES string of the molecule is COc1ccc(N2CCN(c3cc(N4CCN(S(=O)(=O)c5ccc6ccccc6c5)CC4)ccc3[N+](=O)[O-])CC2)cc1. The molecule has 0 atom stereocenters. The molecule has 0 unspecified atom stereocenters. The van der Waals surface area contributed by atoms with Gasteiger partial charge in [0.25, 0.3) is 5.69 Å². The minimum absolute atomic E-state index is 0.0779. The Balaban J connectivity index is 1.15. The summed E-state index contributed by atoms with van der Waals surface area (Å²) >= 11 is 0. The summed E-state index contributed by atoms with van der Waals surface area (Å²) in [5.41, 5.74) is 2.62. The first kappa shape index (κ1) is 27.8. The number of methoxy groups -OCH3 is 1. The molecular weight excluding hydrogens is 554 g/mol. The maximum Gasteiger partial charge on any atom is 0.292 e. The lowest BCUT2D eigenvalue weighted by atomic mass is 10.1. The van der Waals surface area contributed by atoms with Gasteiger partial charge < -0.3 is 19.4 Å². The van der Waals surface area contributed by atoms with E-state index in [0.29, 0.717) is 49.9 Å². The standard InChI is InChI=1S/C31H33N5O5S/c1-41-28-10-7-26(8-11-28)32-14-16-34(17-15-32)31-23-27(9-13-30(31)36(37)38)33-18-20-35(21-19-33)42(39,40)29-12-6-24-4-2-3-5-25(24)22-29/h2-13,22-23H,14-21H2,1H3. The van der Waals surface area contributed by atoms with Crippen LogP contribution in [0.15, 0.2) is 89.8 Å². The normalized spacial score (nSPS) is 16.5. The highest BCUT2D eigenvalue weighted by atomic mass is 32.2. The van der Waals surface area contributed by atoms with E-state index in [0.717, 1.165) is 41.0 Å². The van der Waals surface area contributed by atoms with E-state index in [4.69, 9.17) is 4.74 Å². The molecular formula is C31H33N5O5S. The number of nitrogens with zero attached hydrogens (tertiary/aromatic N) is 5. The van der Waals surface area contributed by atoms with Crippen molar-refractivity contribution in [1.82, 2.24) is 4.31 Å². The fourth-order valence-electron chi connectivity index (χ4n) is 5.78. The molecule has 2 saturated heterocycles. The molecule has 2 heterocycles. The number of hydrogen-bond donors (Lipinski definition) is 0. The molecule has 42 heavy (non-hydrogen) atoms. The summed E-state index contributed by atoms with van der Waals surface area (Å²) in [6, 6.07) is 26.1. The minimum Gasteiger partial charge on any atom is -0.497 e. The summed E-state index contributed by atoms with van der Waals surface area (Å²) in [7, 11) is -2.00. The van der Waals surface area contributed by atoms with Crippen LogP contribution in [0.25, 0.3) is 10.8 Å². The van der Waals surface area contributed by atoms with E-state index in [2.05, 4.69) is 14.7 Å². The Bertz CT molecular complexity index is 1700. The van der Waals surface area contributed by atoms with Crippen molar-refractivity contribution in [3.05, 3.63) is 95.0 Å². The van der Waals surface area contributed by atoms with Gasteiger partial charge in [0.05, 0.1) is 16.9 Å². The first-order chi connectivity index (χ1) is 20.3. The molecule has 0 amide bonds. The summed E-state index contributed by atoms with van der Waals surface area (Å²) in [5.74, 6) is 0.803. The molecule has 0 aliphatic carbocycles. The third-order valence-corrected chi connectivity index (χ3v) is 10.1. The van der Waals surface area contributed by atoms with Gasteiger partial charge in [0.1, 0.15) is 11.4 Å². The second kappa shape index (κ2) is 11.5. The molecule has 10 nitrogen and oxygen atoms in total. The van der Waals surface area contributed by atoms with E-state index in [1.54, 1.807) is 31.4 Å². The molecule has 4 aromatic carbocycles. The van der Waals surface area contributed by atoms with E-state index in [9.17, 15) is 18.5 Å². The Hall–Kier alpha value is -4.35. The average molecular weight is 588 g/mol. The van der Waals surface area contributed by atoms with Crippen LogP contribution in [0.5, 0.6) is 5.75 Å². The summed E-state index contributed by atoms with van der Waals surface area (Å²) in [6.07, 6.45) is 0. The van der Waals surface area contributed by atoms with E-state index < -0.39 is 10.0 Å².